The van der Waals surface area contributed by atoms with Crippen molar-refractivity contribution in [3.05, 3.63) is 29.3 Å². The molecule has 1 aromatic rings. The summed E-state index contributed by atoms with van der Waals surface area (Å²) in [6.45, 7) is 1.94. The minimum absolute atomic E-state index is 0.0467. The maximum absolute atomic E-state index is 12.5. The number of benzene rings is 1. The Hall–Kier alpha value is -2.04. The lowest BCUT2D eigenvalue weighted by Gasteiger charge is -2.21. The summed E-state index contributed by atoms with van der Waals surface area (Å²) in [7, 11) is 0. The van der Waals surface area contributed by atoms with Crippen molar-refractivity contribution in [2.75, 3.05) is 5.32 Å². The molecule has 0 heterocycles. The van der Waals surface area contributed by atoms with Crippen LogP contribution in [-0.4, -0.2) is 17.0 Å². The molecule has 3 rings (SSSR count). The van der Waals surface area contributed by atoms with E-state index in [1.165, 1.54) is 19.3 Å². The van der Waals surface area contributed by atoms with Gasteiger partial charge in [0.1, 0.15) is 0 Å². The highest BCUT2D eigenvalue weighted by atomic mass is 16.4. The third kappa shape index (κ3) is 2.60. The Kier molecular flexibility index (Phi) is 3.57. The van der Waals surface area contributed by atoms with Crippen molar-refractivity contribution >= 4 is 17.4 Å². The molecule has 5 nitrogen and oxygen atoms in total. The van der Waals surface area contributed by atoms with Gasteiger partial charge in [-0.1, -0.05) is 23.7 Å². The van der Waals surface area contributed by atoms with E-state index in [-0.39, 0.29) is 17.7 Å². The fourth-order valence-electron chi connectivity index (χ4n) is 3.77. The molecule has 0 aliphatic heterocycles. The summed E-state index contributed by atoms with van der Waals surface area (Å²) in [6, 6.07) is 5.40. The van der Waals surface area contributed by atoms with Crippen LogP contribution in [0, 0.1) is 24.7 Å². The average Bonchev–Trinajstić information content (AvgIpc) is 3.11. The molecule has 1 aromatic carbocycles. The Morgan fingerprint density at radius 1 is 1.38 bits per heavy atom. The number of nitrogens with two attached hydrogens (primary N) is 1. The number of amides is 1. The van der Waals surface area contributed by atoms with E-state index in [2.05, 4.69) is 10.5 Å². The molecule has 2 saturated carbocycles. The van der Waals surface area contributed by atoms with Gasteiger partial charge in [-0.25, -0.2) is 0 Å². The van der Waals surface area contributed by atoms with Crippen LogP contribution in [0.5, 0.6) is 0 Å². The topological polar surface area (TPSA) is 87.7 Å². The minimum Gasteiger partial charge on any atom is -0.409 e. The highest BCUT2D eigenvalue weighted by Crippen LogP contribution is 2.48. The molecule has 21 heavy (non-hydrogen) atoms. The summed E-state index contributed by atoms with van der Waals surface area (Å²) in [5.74, 6) is 1.61. The summed E-state index contributed by atoms with van der Waals surface area (Å²) in [6.07, 6.45) is 4.70. The van der Waals surface area contributed by atoms with Gasteiger partial charge in [-0.15, -0.1) is 0 Å². The Labute approximate surface area is 124 Å². The zero-order chi connectivity index (χ0) is 15.0. The van der Waals surface area contributed by atoms with Gasteiger partial charge in [-0.3, -0.25) is 4.79 Å². The molecular weight excluding hydrogens is 266 g/mol. The van der Waals surface area contributed by atoms with Crippen molar-refractivity contribution in [2.24, 2.45) is 28.6 Å². The van der Waals surface area contributed by atoms with E-state index in [0.29, 0.717) is 11.5 Å². The quantitative estimate of drug-likeness (QED) is 0.345. The predicted molar refractivity (Wildman–Crippen MR) is 81.3 cm³/mol. The van der Waals surface area contributed by atoms with Crippen LogP contribution in [-0.2, 0) is 4.79 Å². The van der Waals surface area contributed by atoms with Crippen LogP contribution in [0.1, 0.15) is 36.8 Å². The first-order chi connectivity index (χ1) is 10.1. The molecular formula is C16H21N3O2. The molecule has 2 fully saturated rings. The number of nitrogens with one attached hydrogen (secondary N) is 1. The molecule has 3 atom stereocenters. The van der Waals surface area contributed by atoms with Gasteiger partial charge in [0.25, 0.3) is 0 Å². The van der Waals surface area contributed by atoms with E-state index in [1.807, 2.05) is 13.0 Å². The highest BCUT2D eigenvalue weighted by Gasteiger charge is 2.43. The normalized spacial score (nSPS) is 27.9. The number of rotatable bonds is 3. The van der Waals surface area contributed by atoms with Crippen LogP contribution in [0.15, 0.2) is 23.4 Å². The van der Waals surface area contributed by atoms with Crippen LogP contribution >= 0.6 is 0 Å². The summed E-state index contributed by atoms with van der Waals surface area (Å²) in [5.41, 5.74) is 7.92. The summed E-state index contributed by atoms with van der Waals surface area (Å²) in [4.78, 5) is 12.5. The number of fused-ring (bicyclic) bond motifs is 2. The standard InChI is InChI=1S/C16H21N3O2/c1-9-2-4-12(15(17)19-21)8-14(9)18-16(20)13-7-10-3-5-11(13)6-10/h2,4,8,10-11,13,21H,3,5-7H2,1H3,(H2,17,19)(H,18,20). The van der Waals surface area contributed by atoms with Gasteiger partial charge < -0.3 is 16.3 Å². The second-order valence-corrected chi connectivity index (χ2v) is 6.29. The maximum atomic E-state index is 12.5. The third-order valence-corrected chi connectivity index (χ3v) is 4.97. The van der Waals surface area contributed by atoms with Crippen LogP contribution in [0.3, 0.4) is 0 Å². The lowest BCUT2D eigenvalue weighted by atomic mass is 9.88. The summed E-state index contributed by atoms with van der Waals surface area (Å²) >= 11 is 0. The molecule has 112 valence electrons. The smallest absolute Gasteiger partial charge is 0.227 e. The number of anilines is 1. The van der Waals surface area contributed by atoms with Crippen molar-refractivity contribution in [1.82, 2.24) is 0 Å². The van der Waals surface area contributed by atoms with E-state index in [1.54, 1.807) is 12.1 Å². The lowest BCUT2D eigenvalue weighted by molar-refractivity contribution is -0.121. The van der Waals surface area contributed by atoms with E-state index in [0.717, 1.165) is 23.6 Å². The summed E-state index contributed by atoms with van der Waals surface area (Å²) in [5, 5.41) is 14.8. The van der Waals surface area contributed by atoms with Crippen molar-refractivity contribution in [3.8, 4) is 0 Å². The molecule has 0 aromatic heterocycles. The molecule has 3 unspecified atom stereocenters. The Bertz CT molecular complexity index is 597. The SMILES string of the molecule is Cc1ccc(C(N)=NO)cc1NC(=O)C1CC2CCC1C2. The first-order valence-electron chi connectivity index (χ1n) is 7.48. The van der Waals surface area contributed by atoms with Gasteiger partial charge in [0.2, 0.25) is 5.91 Å². The number of hydrogen-bond donors (Lipinski definition) is 3. The summed E-state index contributed by atoms with van der Waals surface area (Å²) < 4.78 is 0. The first kappa shape index (κ1) is 13.9. The van der Waals surface area contributed by atoms with Crippen molar-refractivity contribution in [3.63, 3.8) is 0 Å². The molecule has 5 heteroatoms. The van der Waals surface area contributed by atoms with Crippen molar-refractivity contribution < 1.29 is 10.0 Å². The Balaban J connectivity index is 1.76. The second-order valence-electron chi connectivity index (χ2n) is 6.29. The van der Waals surface area contributed by atoms with Crippen molar-refractivity contribution in [2.45, 2.75) is 32.6 Å². The minimum atomic E-state index is 0.0467. The van der Waals surface area contributed by atoms with Crippen LogP contribution < -0.4 is 11.1 Å². The highest BCUT2D eigenvalue weighted by molar-refractivity contribution is 6.00. The third-order valence-electron chi connectivity index (χ3n) is 4.97. The van der Waals surface area contributed by atoms with Gasteiger partial charge in [0.15, 0.2) is 5.84 Å². The maximum Gasteiger partial charge on any atom is 0.227 e. The number of nitrogens with zero attached hydrogens (tertiary/aromatic N) is 1. The molecule has 0 saturated heterocycles. The molecule has 0 radical (unpaired) electrons. The first-order valence-corrected chi connectivity index (χ1v) is 7.48. The van der Waals surface area contributed by atoms with Gasteiger partial charge in [-0.2, -0.15) is 0 Å². The van der Waals surface area contributed by atoms with E-state index in [4.69, 9.17) is 10.9 Å². The predicted octanol–water partition coefficient (Wildman–Crippen LogP) is 2.46. The molecule has 2 bridgehead atoms. The second kappa shape index (κ2) is 5.39. The van der Waals surface area contributed by atoms with Gasteiger partial charge >= 0.3 is 0 Å². The molecule has 0 spiro atoms. The van der Waals surface area contributed by atoms with Crippen LogP contribution in [0.4, 0.5) is 5.69 Å². The van der Waals surface area contributed by atoms with Crippen LogP contribution in [0.2, 0.25) is 0 Å². The number of carbonyl (C=O) groups excluding carboxylic acids is 1. The number of carbonyl (C=O) groups is 1. The molecule has 4 N–H and O–H groups in total. The average molecular weight is 287 g/mol. The molecule has 2 aliphatic carbocycles. The Morgan fingerprint density at radius 3 is 2.81 bits per heavy atom. The van der Waals surface area contributed by atoms with Gasteiger partial charge in [0, 0.05) is 17.2 Å². The van der Waals surface area contributed by atoms with E-state index in [9.17, 15) is 4.79 Å². The van der Waals surface area contributed by atoms with E-state index >= 15 is 0 Å². The van der Waals surface area contributed by atoms with E-state index < -0.39 is 0 Å². The number of aryl methyl sites for hydroxylation is 1. The van der Waals surface area contributed by atoms with Crippen LogP contribution in [0.25, 0.3) is 0 Å². The number of oxime groups is 1. The monoisotopic (exact) mass is 287 g/mol. The number of hydrogen-bond acceptors (Lipinski definition) is 3. The lowest BCUT2D eigenvalue weighted by Crippen LogP contribution is -2.27. The zero-order valence-corrected chi connectivity index (χ0v) is 12.2. The molecule has 1 amide bonds. The molecule has 2 aliphatic rings. The fourth-order valence-corrected chi connectivity index (χ4v) is 3.77. The Morgan fingerprint density at radius 2 is 2.19 bits per heavy atom. The van der Waals surface area contributed by atoms with Crippen molar-refractivity contribution in [1.29, 1.82) is 0 Å². The van der Waals surface area contributed by atoms with Gasteiger partial charge in [-0.05, 0) is 49.7 Å². The van der Waals surface area contributed by atoms with Gasteiger partial charge in [0.05, 0.1) is 0 Å². The fraction of sp³-hybridized carbons (Fsp3) is 0.500. The largest absolute Gasteiger partial charge is 0.409 e. The zero-order valence-electron chi connectivity index (χ0n) is 12.2. The number of amidine groups is 1.